The van der Waals surface area contributed by atoms with Gasteiger partial charge in [-0.1, -0.05) is 13.8 Å². The monoisotopic (exact) mass is 249 g/mol. The maximum atomic E-state index is 11.2. The van der Waals surface area contributed by atoms with Gasteiger partial charge in [0.25, 0.3) is 10.1 Å². The molecule has 0 bridgehead atoms. The molecule has 0 aliphatic carbocycles. The molecule has 0 rings (SSSR count). The second kappa shape index (κ2) is 8.32. The Kier molecular flexibility index (Phi) is 9.72. The van der Waals surface area contributed by atoms with Gasteiger partial charge in [0, 0.05) is 12.5 Å². The first-order valence-corrected chi connectivity index (χ1v) is 6.20. The van der Waals surface area contributed by atoms with Crippen molar-refractivity contribution in [2.24, 2.45) is 5.92 Å². The van der Waals surface area contributed by atoms with Crippen LogP contribution in [-0.4, -0.2) is 54.2 Å². The van der Waals surface area contributed by atoms with E-state index in [1.54, 1.807) is 6.92 Å². The molecule has 0 aromatic carbocycles. The van der Waals surface area contributed by atoms with E-state index < -0.39 is 10.1 Å². The minimum absolute atomic E-state index is 0. The normalized spacial score (nSPS) is 12.7. The maximum Gasteiger partial charge on any atom is 2.00 e. The van der Waals surface area contributed by atoms with E-state index >= 15 is 0 Å². The molecule has 5 nitrogen and oxygen atoms in total. The van der Waals surface area contributed by atoms with Gasteiger partial charge in [-0.3, -0.25) is 9.35 Å². The van der Waals surface area contributed by atoms with Crippen LogP contribution in [0.25, 0.3) is 0 Å². The quantitative estimate of drug-likeness (QED) is 0.402. The summed E-state index contributed by atoms with van der Waals surface area (Å²) < 4.78 is 29.0. The summed E-state index contributed by atoms with van der Waals surface area (Å²) in [5.74, 6) is -0.447. The minimum Gasteiger partial charge on any atom is -1.00 e. The van der Waals surface area contributed by atoms with E-state index in [9.17, 15) is 13.2 Å². The first kappa shape index (κ1) is 17.5. The van der Waals surface area contributed by atoms with Crippen molar-refractivity contribution in [3.63, 3.8) is 0 Å². The summed E-state index contributed by atoms with van der Waals surface area (Å²) in [5, 5.41) is 2.59. The van der Waals surface area contributed by atoms with Crippen molar-refractivity contribution in [3.05, 3.63) is 0 Å². The molecular weight excluding hydrogens is 230 g/mol. The van der Waals surface area contributed by atoms with E-state index in [4.69, 9.17) is 4.55 Å². The van der Waals surface area contributed by atoms with Crippen LogP contribution in [0.1, 0.15) is 29.5 Å². The topological polar surface area (TPSA) is 83.5 Å². The van der Waals surface area contributed by atoms with Gasteiger partial charge in [0.15, 0.2) is 0 Å². The van der Waals surface area contributed by atoms with Crippen LogP contribution >= 0.6 is 0 Å². The first-order chi connectivity index (χ1) is 6.37. The van der Waals surface area contributed by atoms with Crippen molar-refractivity contribution in [2.45, 2.75) is 26.7 Å². The zero-order valence-corrected chi connectivity index (χ0v) is 11.4. The van der Waals surface area contributed by atoms with Gasteiger partial charge in [0.05, 0.1) is 5.75 Å². The Bertz CT molecular complexity index is 287. The molecule has 0 aliphatic heterocycles. The Balaban J connectivity index is -0.000000282. The molecule has 2 N–H and O–H groups in total. The summed E-state index contributed by atoms with van der Waals surface area (Å²) in [6, 6.07) is 0. The van der Waals surface area contributed by atoms with E-state index in [1.165, 1.54) is 0 Å². The molecule has 1 unspecified atom stereocenters. The Morgan fingerprint density at radius 3 is 2.47 bits per heavy atom. The average molecular weight is 250 g/mol. The van der Waals surface area contributed by atoms with E-state index in [1.807, 2.05) is 6.92 Å². The molecule has 1 amide bonds. The van der Waals surface area contributed by atoms with Gasteiger partial charge in [-0.25, -0.2) is 0 Å². The summed E-state index contributed by atoms with van der Waals surface area (Å²) in [6.45, 7) is 3.99. The molecule has 0 fully saturated rings. The van der Waals surface area contributed by atoms with E-state index in [2.05, 4.69) is 5.32 Å². The van der Waals surface area contributed by atoms with Gasteiger partial charge < -0.3 is 8.17 Å². The summed E-state index contributed by atoms with van der Waals surface area (Å²) in [6.07, 6.45) is 0.991. The van der Waals surface area contributed by atoms with Crippen molar-refractivity contribution in [1.82, 2.24) is 5.32 Å². The smallest absolute Gasteiger partial charge is 1.00 e. The van der Waals surface area contributed by atoms with Gasteiger partial charge >= 0.3 is 23.1 Å². The molecule has 0 radical (unpaired) electrons. The van der Waals surface area contributed by atoms with Crippen molar-refractivity contribution >= 4 is 39.1 Å². The fourth-order valence-corrected chi connectivity index (χ4v) is 1.33. The Hall–Kier alpha value is 0.146. The number of rotatable bonds is 6. The third kappa shape index (κ3) is 10.4. The number of carbonyl (C=O) groups is 1. The molecule has 0 heterocycles. The summed E-state index contributed by atoms with van der Waals surface area (Å²) in [7, 11) is -3.90. The Labute approximate surface area is 110 Å². The van der Waals surface area contributed by atoms with Crippen molar-refractivity contribution < 1.29 is 20.6 Å². The molecule has 7 heteroatoms. The van der Waals surface area contributed by atoms with Gasteiger partial charge in [-0.05, 0) is 12.8 Å². The largest absolute Gasteiger partial charge is 2.00 e. The number of amides is 1. The molecule has 88 valence electrons. The number of nitrogens with one attached hydrogen (secondary N) is 1. The third-order valence-corrected chi connectivity index (χ3v) is 2.74. The molecule has 0 saturated carbocycles. The zero-order chi connectivity index (χ0) is 11.2. The SMILES string of the molecule is CCC(C)C(=O)NCCCS(=O)(=O)O.[H-].[H-].[Mg+2]. The minimum atomic E-state index is -3.90. The van der Waals surface area contributed by atoms with E-state index in [-0.39, 0.29) is 56.4 Å². The van der Waals surface area contributed by atoms with Crippen LogP contribution in [0, 0.1) is 5.92 Å². The fourth-order valence-electron chi connectivity index (χ4n) is 0.826. The second-order valence-electron chi connectivity index (χ2n) is 3.24. The zero-order valence-electron chi connectivity index (χ0n) is 11.2. The Morgan fingerprint density at radius 1 is 1.53 bits per heavy atom. The predicted octanol–water partition coefficient (Wildman–Crippen LogP) is 0.271. The van der Waals surface area contributed by atoms with Gasteiger partial charge in [0.1, 0.15) is 0 Å². The predicted molar refractivity (Wildman–Crippen MR) is 61.5 cm³/mol. The van der Waals surface area contributed by atoms with Crippen LogP contribution < -0.4 is 5.32 Å². The standard InChI is InChI=1S/C8H17NO4S.Mg.2H/c1-3-7(2)8(10)9-5-4-6-14(11,12)13;;;/h7H,3-6H2,1-2H3,(H,9,10)(H,11,12,13);;;/q;+2;2*-1. The Morgan fingerprint density at radius 2 is 2.07 bits per heavy atom. The van der Waals surface area contributed by atoms with Crippen LogP contribution in [0.15, 0.2) is 0 Å². The maximum absolute atomic E-state index is 11.2. The molecule has 0 aromatic rings. The molecule has 1 atom stereocenters. The van der Waals surface area contributed by atoms with Gasteiger partial charge in [0.2, 0.25) is 5.91 Å². The fraction of sp³-hybridized carbons (Fsp3) is 0.875. The van der Waals surface area contributed by atoms with Crippen molar-refractivity contribution in [1.29, 1.82) is 0 Å². The third-order valence-electron chi connectivity index (χ3n) is 1.94. The molecule has 0 aliphatic rings. The van der Waals surface area contributed by atoms with Crippen LogP contribution in [0.5, 0.6) is 0 Å². The van der Waals surface area contributed by atoms with Crippen LogP contribution in [0.3, 0.4) is 0 Å². The van der Waals surface area contributed by atoms with Crippen LogP contribution in [-0.2, 0) is 14.9 Å². The van der Waals surface area contributed by atoms with E-state index in [0.29, 0.717) is 0 Å². The first-order valence-electron chi connectivity index (χ1n) is 4.59. The molecule has 0 saturated heterocycles. The van der Waals surface area contributed by atoms with Crippen LogP contribution in [0.2, 0.25) is 0 Å². The molecule has 15 heavy (non-hydrogen) atoms. The number of carbonyl (C=O) groups excluding carboxylic acids is 1. The van der Waals surface area contributed by atoms with Crippen molar-refractivity contribution in [2.75, 3.05) is 12.3 Å². The summed E-state index contributed by atoms with van der Waals surface area (Å²) in [4.78, 5) is 11.2. The van der Waals surface area contributed by atoms with Crippen molar-refractivity contribution in [3.8, 4) is 0 Å². The second-order valence-corrected chi connectivity index (χ2v) is 4.81. The van der Waals surface area contributed by atoms with Gasteiger partial charge in [-0.15, -0.1) is 0 Å². The summed E-state index contributed by atoms with van der Waals surface area (Å²) >= 11 is 0. The van der Waals surface area contributed by atoms with Crippen LogP contribution in [0.4, 0.5) is 0 Å². The van der Waals surface area contributed by atoms with Gasteiger partial charge in [-0.2, -0.15) is 8.42 Å². The number of hydrogen-bond acceptors (Lipinski definition) is 3. The number of hydrogen-bond donors (Lipinski definition) is 2. The molecule has 0 aromatic heterocycles. The molecule has 0 spiro atoms. The van der Waals surface area contributed by atoms with E-state index in [0.717, 1.165) is 6.42 Å². The summed E-state index contributed by atoms with van der Waals surface area (Å²) in [5.41, 5.74) is 0. The molecular formula is C8H19MgNO4S. The average Bonchev–Trinajstić information content (AvgIpc) is 2.09.